The highest BCUT2D eigenvalue weighted by atomic mass is 127. The highest BCUT2D eigenvalue weighted by Crippen LogP contribution is 2.35. The van der Waals surface area contributed by atoms with E-state index in [1.807, 2.05) is 12.1 Å². The number of hydrogen-bond acceptors (Lipinski definition) is 4. The second-order valence-corrected chi connectivity index (χ2v) is 6.90. The lowest BCUT2D eigenvalue weighted by atomic mass is 10.2. The Hall–Kier alpha value is -2.07. The van der Waals surface area contributed by atoms with Crippen molar-refractivity contribution in [2.24, 2.45) is 0 Å². The van der Waals surface area contributed by atoms with Gasteiger partial charge in [-0.2, -0.15) is 18.2 Å². The van der Waals surface area contributed by atoms with Crippen LogP contribution in [0.2, 0.25) is 5.02 Å². The van der Waals surface area contributed by atoms with E-state index in [9.17, 15) is 13.2 Å². The van der Waals surface area contributed by atoms with Crippen molar-refractivity contribution in [2.45, 2.75) is 6.18 Å². The molecule has 0 unspecified atom stereocenters. The van der Waals surface area contributed by atoms with Gasteiger partial charge in [0.1, 0.15) is 11.4 Å². The molecule has 0 atom stereocenters. The Morgan fingerprint density at radius 1 is 0.885 bits per heavy atom. The van der Waals surface area contributed by atoms with E-state index in [1.165, 1.54) is 0 Å². The smallest absolute Gasteiger partial charge is 0.340 e. The minimum Gasteiger partial charge on any atom is -0.340 e. The highest BCUT2D eigenvalue weighted by molar-refractivity contribution is 14.1. The Morgan fingerprint density at radius 3 is 2.08 bits per heavy atom. The molecule has 4 nitrogen and oxygen atoms in total. The van der Waals surface area contributed by atoms with Gasteiger partial charge in [-0.1, -0.05) is 11.6 Å². The lowest BCUT2D eigenvalue weighted by molar-refractivity contribution is -0.137. The van der Waals surface area contributed by atoms with Crippen LogP contribution in [0.4, 0.5) is 36.3 Å². The minimum absolute atomic E-state index is 0.0515. The summed E-state index contributed by atoms with van der Waals surface area (Å²) in [6.07, 6.45) is -3.84. The van der Waals surface area contributed by atoms with Crippen LogP contribution in [-0.2, 0) is 6.18 Å². The molecule has 134 valence electrons. The molecule has 26 heavy (non-hydrogen) atoms. The quantitative estimate of drug-likeness (QED) is 0.425. The van der Waals surface area contributed by atoms with E-state index in [2.05, 4.69) is 43.2 Å². The van der Waals surface area contributed by atoms with Gasteiger partial charge in [-0.3, -0.25) is 0 Å². The summed E-state index contributed by atoms with van der Waals surface area (Å²) in [5, 5.41) is 6.04. The van der Waals surface area contributed by atoms with Crippen LogP contribution in [0.3, 0.4) is 0 Å². The molecule has 1 heterocycles. The summed E-state index contributed by atoms with van der Waals surface area (Å²) in [6, 6.07) is 13.6. The zero-order valence-corrected chi connectivity index (χ0v) is 15.9. The first-order valence-corrected chi connectivity index (χ1v) is 8.76. The fourth-order valence-electron chi connectivity index (χ4n) is 2.08. The summed E-state index contributed by atoms with van der Waals surface area (Å²) in [5.41, 5.74) is 0.141. The van der Waals surface area contributed by atoms with Crippen molar-refractivity contribution in [1.82, 2.24) is 9.97 Å². The molecule has 0 radical (unpaired) electrons. The van der Waals surface area contributed by atoms with Crippen LogP contribution in [0.25, 0.3) is 0 Å². The number of aromatic nitrogens is 2. The van der Waals surface area contributed by atoms with Gasteiger partial charge in [0.15, 0.2) is 0 Å². The predicted molar refractivity (Wildman–Crippen MR) is 104 cm³/mol. The number of hydrogen-bond donors (Lipinski definition) is 2. The monoisotopic (exact) mass is 490 g/mol. The van der Waals surface area contributed by atoms with Crippen LogP contribution in [0.15, 0.2) is 54.7 Å². The minimum atomic E-state index is -4.59. The SMILES string of the molecule is FC(F)(F)c1cnc(Nc2ccc(I)cc2)nc1Nc1ccc(Cl)cc1. The zero-order valence-electron chi connectivity index (χ0n) is 13.0. The van der Waals surface area contributed by atoms with Crippen molar-refractivity contribution < 1.29 is 13.2 Å². The van der Waals surface area contributed by atoms with E-state index >= 15 is 0 Å². The number of rotatable bonds is 4. The lowest BCUT2D eigenvalue weighted by Crippen LogP contribution is -2.12. The number of alkyl halides is 3. The summed E-state index contributed by atoms with van der Waals surface area (Å²) >= 11 is 7.96. The van der Waals surface area contributed by atoms with Gasteiger partial charge < -0.3 is 10.6 Å². The first kappa shape index (κ1) is 18.7. The maximum atomic E-state index is 13.3. The first-order valence-electron chi connectivity index (χ1n) is 7.31. The predicted octanol–water partition coefficient (Wildman–Crippen LogP) is 6.24. The van der Waals surface area contributed by atoms with E-state index in [0.29, 0.717) is 16.4 Å². The van der Waals surface area contributed by atoms with Crippen molar-refractivity contribution in [3.8, 4) is 0 Å². The van der Waals surface area contributed by atoms with Gasteiger partial charge in [0, 0.05) is 26.2 Å². The summed E-state index contributed by atoms with van der Waals surface area (Å²) in [4.78, 5) is 7.76. The van der Waals surface area contributed by atoms with Crippen LogP contribution in [0, 0.1) is 3.57 Å². The van der Waals surface area contributed by atoms with Gasteiger partial charge in [0.25, 0.3) is 0 Å². The van der Waals surface area contributed by atoms with Crippen molar-refractivity contribution in [1.29, 1.82) is 0 Å². The number of nitrogens with one attached hydrogen (secondary N) is 2. The van der Waals surface area contributed by atoms with Gasteiger partial charge in [-0.15, -0.1) is 0 Å². The third-order valence-corrected chi connectivity index (χ3v) is 4.27. The Morgan fingerprint density at radius 2 is 1.46 bits per heavy atom. The molecule has 3 aromatic rings. The first-order chi connectivity index (χ1) is 12.3. The van der Waals surface area contributed by atoms with Crippen molar-refractivity contribution in [3.63, 3.8) is 0 Å². The van der Waals surface area contributed by atoms with Crippen LogP contribution in [-0.4, -0.2) is 9.97 Å². The fraction of sp³-hybridized carbons (Fsp3) is 0.0588. The molecule has 0 aliphatic rings. The lowest BCUT2D eigenvalue weighted by Gasteiger charge is -2.15. The fourth-order valence-corrected chi connectivity index (χ4v) is 2.56. The summed E-state index contributed by atoms with van der Waals surface area (Å²) in [6.45, 7) is 0. The van der Waals surface area contributed by atoms with Gasteiger partial charge in [0.05, 0.1) is 0 Å². The molecule has 2 aromatic carbocycles. The molecular formula is C17H11ClF3IN4. The highest BCUT2D eigenvalue weighted by Gasteiger charge is 2.35. The Balaban J connectivity index is 1.93. The molecular weight excluding hydrogens is 480 g/mol. The van der Waals surface area contributed by atoms with Crippen LogP contribution in [0.5, 0.6) is 0 Å². The molecule has 0 saturated heterocycles. The van der Waals surface area contributed by atoms with E-state index in [0.717, 1.165) is 9.77 Å². The van der Waals surface area contributed by atoms with Crippen molar-refractivity contribution in [2.75, 3.05) is 10.6 Å². The van der Waals surface area contributed by atoms with Gasteiger partial charge in [0.2, 0.25) is 5.95 Å². The second-order valence-electron chi connectivity index (χ2n) is 5.22. The molecule has 0 aliphatic heterocycles. The zero-order chi connectivity index (χ0) is 18.7. The molecule has 3 rings (SSSR count). The van der Waals surface area contributed by atoms with Crippen LogP contribution < -0.4 is 10.6 Å². The number of anilines is 4. The van der Waals surface area contributed by atoms with E-state index in [-0.39, 0.29) is 11.8 Å². The van der Waals surface area contributed by atoms with Crippen molar-refractivity contribution >= 4 is 57.3 Å². The number of nitrogens with zero attached hydrogens (tertiary/aromatic N) is 2. The van der Waals surface area contributed by atoms with Crippen molar-refractivity contribution in [3.05, 3.63) is 68.9 Å². The normalized spacial score (nSPS) is 11.3. The molecule has 0 saturated carbocycles. The molecule has 1 aromatic heterocycles. The van der Waals surface area contributed by atoms with Gasteiger partial charge in [-0.05, 0) is 71.1 Å². The third-order valence-electron chi connectivity index (χ3n) is 3.30. The van der Waals surface area contributed by atoms with E-state index in [4.69, 9.17) is 11.6 Å². The maximum absolute atomic E-state index is 13.3. The average molecular weight is 491 g/mol. The van der Waals surface area contributed by atoms with Crippen LogP contribution in [0.1, 0.15) is 5.56 Å². The number of halogens is 5. The maximum Gasteiger partial charge on any atom is 0.421 e. The standard InChI is InChI=1S/C17H11ClF3IN4/c18-10-1-5-12(6-2-10)24-15-14(17(19,20)21)9-23-16(26-15)25-13-7-3-11(22)4-8-13/h1-9H,(H2,23,24,25,26). The Bertz CT molecular complexity index is 899. The molecule has 0 spiro atoms. The van der Waals surface area contributed by atoms with Gasteiger partial charge in [-0.25, -0.2) is 4.98 Å². The Kier molecular flexibility index (Phi) is 5.52. The molecule has 9 heteroatoms. The van der Waals surface area contributed by atoms with E-state index < -0.39 is 11.7 Å². The molecule has 0 aliphatic carbocycles. The molecule has 0 amide bonds. The summed E-state index contributed by atoms with van der Waals surface area (Å²) in [5.74, 6) is -0.293. The second kappa shape index (κ2) is 7.67. The molecule has 0 bridgehead atoms. The number of benzene rings is 2. The molecule has 2 N–H and O–H groups in total. The average Bonchev–Trinajstić information content (AvgIpc) is 2.58. The largest absolute Gasteiger partial charge is 0.421 e. The van der Waals surface area contributed by atoms with Gasteiger partial charge >= 0.3 is 6.18 Å². The topological polar surface area (TPSA) is 49.8 Å². The summed E-state index contributed by atoms with van der Waals surface area (Å²) < 4.78 is 40.8. The van der Waals surface area contributed by atoms with E-state index in [1.54, 1.807) is 36.4 Å². The third kappa shape index (κ3) is 4.76. The summed E-state index contributed by atoms with van der Waals surface area (Å²) in [7, 11) is 0. The molecule has 0 fully saturated rings. The van der Waals surface area contributed by atoms with Crippen LogP contribution >= 0.6 is 34.2 Å². The Labute approximate surface area is 166 Å².